The van der Waals surface area contributed by atoms with Crippen molar-refractivity contribution in [2.45, 2.75) is 65.0 Å². The minimum atomic E-state index is -0.735. The van der Waals surface area contributed by atoms with Gasteiger partial charge in [-0.1, -0.05) is 56.5 Å². The Balaban J connectivity index is 2.60. The number of nitrogens with one attached hydrogen (secondary N) is 1. The summed E-state index contributed by atoms with van der Waals surface area (Å²) in [6.07, 6.45) is 4.50. The van der Waals surface area contributed by atoms with E-state index in [2.05, 4.69) is 50.4 Å². The van der Waals surface area contributed by atoms with Crippen LogP contribution in [0.25, 0.3) is 0 Å². The van der Waals surface area contributed by atoms with Gasteiger partial charge in [0.1, 0.15) is 6.04 Å². The molecule has 112 valence electrons. The fourth-order valence-corrected chi connectivity index (χ4v) is 2.30. The summed E-state index contributed by atoms with van der Waals surface area (Å²) in [5.74, 6) is -0.735. The van der Waals surface area contributed by atoms with Crippen LogP contribution in [0, 0.1) is 6.92 Å². The standard InChI is InChI=1S/C17H27NO2/c1-4-6-7-16(17(19)20)18-15(5-2)12-14-10-8-13(3)9-11-14/h8-11,15-16,18H,4-7,12H2,1-3H3,(H,19,20). The van der Waals surface area contributed by atoms with Crippen molar-refractivity contribution in [2.75, 3.05) is 0 Å². The Kier molecular flexibility index (Phi) is 7.31. The van der Waals surface area contributed by atoms with Crippen molar-refractivity contribution in [1.82, 2.24) is 5.32 Å². The maximum absolute atomic E-state index is 11.3. The maximum atomic E-state index is 11.3. The molecule has 0 saturated heterocycles. The SMILES string of the molecule is CCCCC(NC(CC)Cc1ccc(C)cc1)C(=O)O. The number of carboxylic acid groups (broad SMARTS) is 1. The summed E-state index contributed by atoms with van der Waals surface area (Å²) in [6, 6.07) is 8.26. The molecule has 2 atom stereocenters. The van der Waals surface area contributed by atoms with Gasteiger partial charge in [-0.15, -0.1) is 0 Å². The first kappa shape index (κ1) is 16.7. The molecule has 3 heteroatoms. The van der Waals surface area contributed by atoms with Crippen LogP contribution in [0.2, 0.25) is 0 Å². The molecule has 0 bridgehead atoms. The Hall–Kier alpha value is -1.35. The highest BCUT2D eigenvalue weighted by Gasteiger charge is 2.20. The minimum Gasteiger partial charge on any atom is -0.480 e. The van der Waals surface area contributed by atoms with Gasteiger partial charge in [0.15, 0.2) is 0 Å². The fourth-order valence-electron chi connectivity index (χ4n) is 2.30. The number of rotatable bonds is 9. The quantitative estimate of drug-likeness (QED) is 0.725. The molecular weight excluding hydrogens is 250 g/mol. The highest BCUT2D eigenvalue weighted by Crippen LogP contribution is 2.10. The first-order chi connectivity index (χ1) is 9.56. The highest BCUT2D eigenvalue weighted by atomic mass is 16.4. The largest absolute Gasteiger partial charge is 0.480 e. The summed E-state index contributed by atoms with van der Waals surface area (Å²) in [4.78, 5) is 11.3. The lowest BCUT2D eigenvalue weighted by Crippen LogP contribution is -2.44. The molecule has 0 heterocycles. The molecule has 2 N–H and O–H groups in total. The van der Waals surface area contributed by atoms with Crippen LogP contribution in [0.3, 0.4) is 0 Å². The molecule has 20 heavy (non-hydrogen) atoms. The van der Waals surface area contributed by atoms with Crippen LogP contribution in [-0.4, -0.2) is 23.2 Å². The van der Waals surface area contributed by atoms with E-state index >= 15 is 0 Å². The second-order valence-electron chi connectivity index (χ2n) is 5.49. The Morgan fingerprint density at radius 1 is 1.25 bits per heavy atom. The molecule has 0 spiro atoms. The number of aliphatic carboxylic acids is 1. The number of unbranched alkanes of at least 4 members (excludes halogenated alkanes) is 1. The van der Waals surface area contributed by atoms with Crippen molar-refractivity contribution >= 4 is 5.97 Å². The highest BCUT2D eigenvalue weighted by molar-refractivity contribution is 5.73. The third kappa shape index (κ3) is 5.74. The second-order valence-corrected chi connectivity index (χ2v) is 5.49. The van der Waals surface area contributed by atoms with Crippen LogP contribution < -0.4 is 5.32 Å². The maximum Gasteiger partial charge on any atom is 0.320 e. The van der Waals surface area contributed by atoms with Gasteiger partial charge in [-0.05, 0) is 31.7 Å². The Bertz CT molecular complexity index is 400. The molecule has 2 unspecified atom stereocenters. The fraction of sp³-hybridized carbons (Fsp3) is 0.588. The molecule has 0 saturated carbocycles. The summed E-state index contributed by atoms with van der Waals surface area (Å²) in [7, 11) is 0. The van der Waals surface area contributed by atoms with Crippen molar-refractivity contribution < 1.29 is 9.90 Å². The van der Waals surface area contributed by atoms with Crippen LogP contribution in [0.15, 0.2) is 24.3 Å². The van der Waals surface area contributed by atoms with Crippen molar-refractivity contribution in [2.24, 2.45) is 0 Å². The van der Waals surface area contributed by atoms with Gasteiger partial charge >= 0.3 is 5.97 Å². The number of hydrogen-bond acceptors (Lipinski definition) is 2. The monoisotopic (exact) mass is 277 g/mol. The zero-order valence-corrected chi connectivity index (χ0v) is 12.9. The first-order valence-corrected chi connectivity index (χ1v) is 7.61. The van der Waals surface area contributed by atoms with E-state index in [-0.39, 0.29) is 6.04 Å². The van der Waals surface area contributed by atoms with Gasteiger partial charge in [-0.2, -0.15) is 0 Å². The third-order valence-corrected chi connectivity index (χ3v) is 3.68. The van der Waals surface area contributed by atoms with E-state index in [0.717, 1.165) is 25.7 Å². The number of hydrogen-bond donors (Lipinski definition) is 2. The van der Waals surface area contributed by atoms with Crippen LogP contribution in [-0.2, 0) is 11.2 Å². The third-order valence-electron chi connectivity index (χ3n) is 3.68. The summed E-state index contributed by atoms with van der Waals surface area (Å²) in [5, 5.41) is 12.6. The van der Waals surface area contributed by atoms with Gasteiger partial charge in [0.25, 0.3) is 0 Å². The van der Waals surface area contributed by atoms with E-state index < -0.39 is 12.0 Å². The van der Waals surface area contributed by atoms with E-state index in [0.29, 0.717) is 6.42 Å². The molecule has 0 radical (unpaired) electrons. The van der Waals surface area contributed by atoms with Gasteiger partial charge < -0.3 is 10.4 Å². The van der Waals surface area contributed by atoms with Crippen molar-refractivity contribution in [3.05, 3.63) is 35.4 Å². The molecule has 3 nitrogen and oxygen atoms in total. The molecule has 0 aliphatic rings. The molecule has 0 aliphatic heterocycles. The van der Waals surface area contributed by atoms with Crippen molar-refractivity contribution in [3.8, 4) is 0 Å². The van der Waals surface area contributed by atoms with Crippen molar-refractivity contribution in [1.29, 1.82) is 0 Å². The van der Waals surface area contributed by atoms with E-state index in [1.165, 1.54) is 11.1 Å². The summed E-state index contributed by atoms with van der Waals surface area (Å²) in [6.45, 7) is 6.26. The molecule has 0 amide bonds. The van der Waals surface area contributed by atoms with Gasteiger partial charge in [-0.3, -0.25) is 4.79 Å². The van der Waals surface area contributed by atoms with Crippen LogP contribution in [0.5, 0.6) is 0 Å². The lowest BCUT2D eigenvalue weighted by molar-refractivity contribution is -0.139. The molecule has 0 fully saturated rings. The van der Waals surface area contributed by atoms with Gasteiger partial charge in [-0.25, -0.2) is 0 Å². The number of aryl methyl sites for hydroxylation is 1. The summed E-state index contributed by atoms with van der Waals surface area (Å²) >= 11 is 0. The zero-order chi connectivity index (χ0) is 15.0. The number of benzene rings is 1. The number of carbonyl (C=O) groups is 1. The summed E-state index contributed by atoms with van der Waals surface area (Å²) < 4.78 is 0. The van der Waals surface area contributed by atoms with E-state index in [1.54, 1.807) is 0 Å². The van der Waals surface area contributed by atoms with Crippen molar-refractivity contribution in [3.63, 3.8) is 0 Å². The van der Waals surface area contributed by atoms with Crippen LogP contribution in [0.4, 0.5) is 0 Å². The van der Waals surface area contributed by atoms with Gasteiger partial charge in [0.2, 0.25) is 0 Å². The van der Waals surface area contributed by atoms with Crippen LogP contribution >= 0.6 is 0 Å². The Morgan fingerprint density at radius 2 is 1.90 bits per heavy atom. The molecular formula is C17H27NO2. The second kappa shape index (κ2) is 8.75. The lowest BCUT2D eigenvalue weighted by Gasteiger charge is -2.22. The first-order valence-electron chi connectivity index (χ1n) is 7.61. The molecule has 0 aromatic heterocycles. The topological polar surface area (TPSA) is 49.3 Å². The Labute approximate surface area is 122 Å². The summed E-state index contributed by atoms with van der Waals surface area (Å²) in [5.41, 5.74) is 2.51. The molecule has 1 rings (SSSR count). The zero-order valence-electron chi connectivity index (χ0n) is 12.9. The van der Waals surface area contributed by atoms with E-state index in [9.17, 15) is 9.90 Å². The average Bonchev–Trinajstić information content (AvgIpc) is 2.44. The van der Waals surface area contributed by atoms with Gasteiger partial charge in [0.05, 0.1) is 0 Å². The average molecular weight is 277 g/mol. The molecule has 0 aliphatic carbocycles. The Morgan fingerprint density at radius 3 is 2.40 bits per heavy atom. The predicted molar refractivity (Wildman–Crippen MR) is 83.0 cm³/mol. The smallest absolute Gasteiger partial charge is 0.320 e. The van der Waals surface area contributed by atoms with E-state index in [4.69, 9.17) is 0 Å². The minimum absolute atomic E-state index is 0.218. The molecule has 1 aromatic carbocycles. The van der Waals surface area contributed by atoms with Crippen LogP contribution in [0.1, 0.15) is 50.7 Å². The normalized spacial score (nSPS) is 13.9. The number of carboxylic acids is 1. The van der Waals surface area contributed by atoms with Gasteiger partial charge in [0, 0.05) is 6.04 Å². The molecule has 1 aromatic rings. The van der Waals surface area contributed by atoms with E-state index in [1.807, 2.05) is 0 Å². The lowest BCUT2D eigenvalue weighted by atomic mass is 10.0. The predicted octanol–water partition coefficient (Wildman–Crippen LogP) is 3.55.